The molecule has 0 fully saturated rings. The van der Waals surface area contributed by atoms with Gasteiger partial charge < -0.3 is 11.1 Å². The maximum absolute atomic E-state index is 11.5. The van der Waals surface area contributed by atoms with Gasteiger partial charge >= 0.3 is 0 Å². The first-order chi connectivity index (χ1) is 6.93. The third-order valence-corrected chi connectivity index (χ3v) is 2.32. The van der Waals surface area contributed by atoms with Crippen molar-refractivity contribution in [3.8, 4) is 0 Å². The first kappa shape index (κ1) is 14.4. The molecule has 0 aromatic rings. The first-order valence-electron chi connectivity index (χ1n) is 5.96. The van der Waals surface area contributed by atoms with E-state index in [1.807, 2.05) is 0 Å². The fourth-order valence-electron chi connectivity index (χ4n) is 1.47. The number of amides is 1. The Labute approximate surface area is 93.8 Å². The van der Waals surface area contributed by atoms with Gasteiger partial charge in [-0.15, -0.1) is 0 Å². The van der Waals surface area contributed by atoms with Crippen molar-refractivity contribution in [3.05, 3.63) is 0 Å². The highest BCUT2D eigenvalue weighted by Crippen LogP contribution is 2.04. The first-order valence-corrected chi connectivity index (χ1v) is 5.96. The zero-order valence-corrected chi connectivity index (χ0v) is 10.5. The number of nitrogens with two attached hydrogens (primary N) is 1. The molecule has 3 nitrogen and oxygen atoms in total. The van der Waals surface area contributed by atoms with Crippen molar-refractivity contribution in [2.45, 2.75) is 53.0 Å². The van der Waals surface area contributed by atoms with Gasteiger partial charge in [0.25, 0.3) is 0 Å². The quantitative estimate of drug-likeness (QED) is 0.636. The van der Waals surface area contributed by atoms with Crippen molar-refractivity contribution in [1.29, 1.82) is 0 Å². The molecule has 90 valence electrons. The fourth-order valence-corrected chi connectivity index (χ4v) is 1.47. The van der Waals surface area contributed by atoms with Gasteiger partial charge in [-0.25, -0.2) is 0 Å². The van der Waals surface area contributed by atoms with Crippen LogP contribution in [-0.4, -0.2) is 18.5 Å². The second kappa shape index (κ2) is 7.69. The third-order valence-electron chi connectivity index (χ3n) is 2.32. The molecule has 0 aliphatic heterocycles. The average Bonchev–Trinajstić information content (AvgIpc) is 2.10. The molecule has 0 unspecified atom stereocenters. The van der Waals surface area contributed by atoms with Crippen LogP contribution >= 0.6 is 0 Å². The molecule has 0 aromatic carbocycles. The summed E-state index contributed by atoms with van der Waals surface area (Å²) in [6.45, 7) is 9.28. The van der Waals surface area contributed by atoms with Gasteiger partial charge in [-0.1, -0.05) is 27.7 Å². The molecule has 0 heterocycles. The van der Waals surface area contributed by atoms with Crippen molar-refractivity contribution in [2.24, 2.45) is 17.6 Å². The van der Waals surface area contributed by atoms with E-state index in [2.05, 4.69) is 33.0 Å². The Morgan fingerprint density at radius 1 is 1.20 bits per heavy atom. The number of hydrogen-bond acceptors (Lipinski definition) is 2. The lowest BCUT2D eigenvalue weighted by atomic mass is 10.0. The smallest absolute Gasteiger partial charge is 0.236 e. The van der Waals surface area contributed by atoms with E-state index >= 15 is 0 Å². The Balaban J connectivity index is 3.56. The summed E-state index contributed by atoms with van der Waals surface area (Å²) >= 11 is 0. The number of rotatable bonds is 7. The molecule has 0 aliphatic carbocycles. The van der Waals surface area contributed by atoms with E-state index in [0.717, 1.165) is 25.8 Å². The van der Waals surface area contributed by atoms with E-state index in [4.69, 9.17) is 5.73 Å². The Morgan fingerprint density at radius 3 is 2.27 bits per heavy atom. The molecule has 0 saturated carbocycles. The summed E-state index contributed by atoms with van der Waals surface area (Å²) < 4.78 is 0. The zero-order valence-electron chi connectivity index (χ0n) is 10.5. The molecule has 0 aliphatic rings. The van der Waals surface area contributed by atoms with Gasteiger partial charge in [-0.3, -0.25) is 4.79 Å². The SMILES string of the molecule is CC(C)CCCNC(=O)[C@@H](N)CC(C)C. The molecular formula is C12H26N2O. The molecule has 0 radical (unpaired) electrons. The Hall–Kier alpha value is -0.570. The van der Waals surface area contributed by atoms with Crippen LogP contribution < -0.4 is 11.1 Å². The molecule has 1 amide bonds. The van der Waals surface area contributed by atoms with Crippen LogP contribution in [0.15, 0.2) is 0 Å². The molecule has 3 N–H and O–H groups in total. The molecule has 0 spiro atoms. The number of nitrogens with one attached hydrogen (secondary N) is 1. The summed E-state index contributed by atoms with van der Waals surface area (Å²) in [5.41, 5.74) is 5.75. The minimum absolute atomic E-state index is 0.00699. The van der Waals surface area contributed by atoms with Crippen molar-refractivity contribution in [2.75, 3.05) is 6.54 Å². The normalized spacial score (nSPS) is 13.3. The van der Waals surface area contributed by atoms with Crippen LogP contribution in [0.2, 0.25) is 0 Å². The van der Waals surface area contributed by atoms with Crippen LogP contribution in [0.4, 0.5) is 0 Å². The molecular weight excluding hydrogens is 188 g/mol. The van der Waals surface area contributed by atoms with E-state index in [9.17, 15) is 4.79 Å². The molecule has 0 rings (SSSR count). The van der Waals surface area contributed by atoms with Gasteiger partial charge in [0.2, 0.25) is 5.91 Å². The van der Waals surface area contributed by atoms with Gasteiger partial charge in [0, 0.05) is 6.54 Å². The molecule has 0 bridgehead atoms. The lowest BCUT2D eigenvalue weighted by Crippen LogP contribution is -2.41. The maximum atomic E-state index is 11.5. The van der Waals surface area contributed by atoms with E-state index in [1.165, 1.54) is 0 Å². The third kappa shape index (κ3) is 8.43. The second-order valence-corrected chi connectivity index (χ2v) is 5.06. The van der Waals surface area contributed by atoms with E-state index in [-0.39, 0.29) is 11.9 Å². The van der Waals surface area contributed by atoms with E-state index < -0.39 is 0 Å². The number of hydrogen-bond donors (Lipinski definition) is 2. The number of carbonyl (C=O) groups is 1. The topological polar surface area (TPSA) is 55.1 Å². The summed E-state index contributed by atoms with van der Waals surface area (Å²) in [5, 5.41) is 2.88. The van der Waals surface area contributed by atoms with Crippen molar-refractivity contribution >= 4 is 5.91 Å². The second-order valence-electron chi connectivity index (χ2n) is 5.06. The van der Waals surface area contributed by atoms with Gasteiger partial charge in [0.1, 0.15) is 0 Å². The highest BCUT2D eigenvalue weighted by molar-refractivity contribution is 5.81. The average molecular weight is 214 g/mol. The lowest BCUT2D eigenvalue weighted by molar-refractivity contribution is -0.122. The summed E-state index contributed by atoms with van der Waals surface area (Å²) in [6.07, 6.45) is 2.95. The molecule has 0 aromatic heterocycles. The van der Waals surface area contributed by atoms with Gasteiger partial charge in [-0.2, -0.15) is 0 Å². The summed E-state index contributed by atoms with van der Waals surface area (Å²) in [7, 11) is 0. The van der Waals surface area contributed by atoms with Gasteiger partial charge in [-0.05, 0) is 31.1 Å². The van der Waals surface area contributed by atoms with Crippen LogP contribution in [0.3, 0.4) is 0 Å². The summed E-state index contributed by atoms with van der Waals surface area (Å²) in [4.78, 5) is 11.5. The lowest BCUT2D eigenvalue weighted by Gasteiger charge is -2.14. The summed E-state index contributed by atoms with van der Waals surface area (Å²) in [5.74, 6) is 1.17. The van der Waals surface area contributed by atoms with Crippen LogP contribution in [0, 0.1) is 11.8 Å². The van der Waals surface area contributed by atoms with Crippen LogP contribution in [-0.2, 0) is 4.79 Å². The van der Waals surface area contributed by atoms with Crippen LogP contribution in [0.5, 0.6) is 0 Å². The van der Waals surface area contributed by atoms with Crippen molar-refractivity contribution in [1.82, 2.24) is 5.32 Å². The predicted octanol–water partition coefficient (Wildman–Crippen LogP) is 1.91. The zero-order chi connectivity index (χ0) is 11.8. The standard InChI is InChI=1S/C12H26N2O/c1-9(2)6-5-7-14-12(15)11(13)8-10(3)4/h9-11H,5-8,13H2,1-4H3,(H,14,15)/t11-/m0/s1. The fraction of sp³-hybridized carbons (Fsp3) is 0.917. The molecule has 1 atom stereocenters. The van der Waals surface area contributed by atoms with E-state index in [0.29, 0.717) is 11.8 Å². The van der Waals surface area contributed by atoms with Gasteiger partial charge in [0.15, 0.2) is 0 Å². The van der Waals surface area contributed by atoms with Crippen LogP contribution in [0.1, 0.15) is 47.0 Å². The number of carbonyl (C=O) groups excluding carboxylic acids is 1. The monoisotopic (exact) mass is 214 g/mol. The molecule has 3 heteroatoms. The minimum Gasteiger partial charge on any atom is -0.355 e. The highest BCUT2D eigenvalue weighted by atomic mass is 16.2. The van der Waals surface area contributed by atoms with E-state index in [1.54, 1.807) is 0 Å². The molecule has 0 saturated heterocycles. The Kier molecular flexibility index (Phi) is 7.39. The highest BCUT2D eigenvalue weighted by Gasteiger charge is 2.13. The Morgan fingerprint density at radius 2 is 1.80 bits per heavy atom. The summed E-state index contributed by atoms with van der Waals surface area (Å²) in [6, 6.07) is -0.343. The predicted molar refractivity (Wildman–Crippen MR) is 64.5 cm³/mol. The minimum atomic E-state index is -0.343. The van der Waals surface area contributed by atoms with Crippen LogP contribution in [0.25, 0.3) is 0 Å². The maximum Gasteiger partial charge on any atom is 0.236 e. The largest absolute Gasteiger partial charge is 0.355 e. The van der Waals surface area contributed by atoms with Crippen molar-refractivity contribution < 1.29 is 4.79 Å². The van der Waals surface area contributed by atoms with Crippen molar-refractivity contribution in [3.63, 3.8) is 0 Å². The molecule has 15 heavy (non-hydrogen) atoms. The Bertz CT molecular complexity index is 178. The van der Waals surface area contributed by atoms with Gasteiger partial charge in [0.05, 0.1) is 6.04 Å².